The molecule has 126 valence electrons. The first-order valence-corrected chi connectivity index (χ1v) is 8.97. The van der Waals surface area contributed by atoms with E-state index in [0.717, 1.165) is 10.5 Å². The van der Waals surface area contributed by atoms with Gasteiger partial charge >= 0.3 is 5.63 Å². The minimum atomic E-state index is -0.650. The van der Waals surface area contributed by atoms with Crippen LogP contribution in [0.5, 0.6) is 0 Å². The van der Waals surface area contributed by atoms with Gasteiger partial charge in [-0.1, -0.05) is 36.4 Å². The average Bonchev–Trinajstić information content (AvgIpc) is 2.62. The topological polar surface area (TPSA) is 59.3 Å². The van der Waals surface area contributed by atoms with Crippen LogP contribution < -0.4 is 10.9 Å². The Morgan fingerprint density at radius 3 is 2.80 bits per heavy atom. The molecule has 2 aromatic carbocycles. The van der Waals surface area contributed by atoms with Crippen molar-refractivity contribution in [3.8, 4) is 0 Å². The third-order valence-corrected chi connectivity index (χ3v) is 4.60. The summed E-state index contributed by atoms with van der Waals surface area (Å²) in [5.41, 5.74) is 1.36. The zero-order valence-electron chi connectivity index (χ0n) is 13.7. The molecule has 0 aliphatic carbocycles. The van der Waals surface area contributed by atoms with E-state index in [1.807, 2.05) is 42.7 Å². The number of para-hydroxylation sites is 2. The van der Waals surface area contributed by atoms with Crippen LogP contribution in [0.25, 0.3) is 11.0 Å². The summed E-state index contributed by atoms with van der Waals surface area (Å²) < 4.78 is 5.42. The maximum Gasteiger partial charge on any atom is 0.349 e. The number of rotatable bonds is 5. The van der Waals surface area contributed by atoms with Gasteiger partial charge in [0, 0.05) is 10.3 Å². The van der Waals surface area contributed by atoms with Gasteiger partial charge in [-0.05, 0) is 36.4 Å². The zero-order chi connectivity index (χ0) is 17.8. The Kier molecular flexibility index (Phi) is 5.05. The molecule has 0 fully saturated rings. The van der Waals surface area contributed by atoms with Gasteiger partial charge in [0.25, 0.3) is 5.91 Å². The lowest BCUT2D eigenvalue weighted by molar-refractivity contribution is 0.102. The van der Waals surface area contributed by atoms with Gasteiger partial charge in [0.05, 0.1) is 5.69 Å². The summed E-state index contributed by atoms with van der Waals surface area (Å²) in [6.45, 7) is 3.71. The lowest BCUT2D eigenvalue weighted by atomic mass is 10.1. The van der Waals surface area contributed by atoms with Crippen molar-refractivity contribution in [2.24, 2.45) is 0 Å². The molecule has 0 bridgehead atoms. The standard InChI is InChI=1S/C20H17NO3S/c1-3-7-13-8-6-9-14-12-15(20(23)24-18(13)14)19(22)21-16-10-4-5-11-17(16)25-2/h3-6,8-12H,1,7H2,2H3,(H,21,22). The van der Waals surface area contributed by atoms with Gasteiger partial charge in [-0.2, -0.15) is 0 Å². The van der Waals surface area contributed by atoms with Crippen molar-refractivity contribution < 1.29 is 9.21 Å². The Labute approximate surface area is 149 Å². The smallest absolute Gasteiger partial charge is 0.349 e. The van der Waals surface area contributed by atoms with Gasteiger partial charge in [0.2, 0.25) is 0 Å². The Hall–Kier alpha value is -2.79. The van der Waals surface area contributed by atoms with Crippen LogP contribution in [0, 0.1) is 0 Å². The van der Waals surface area contributed by atoms with Crippen molar-refractivity contribution in [3.05, 3.63) is 82.7 Å². The molecule has 25 heavy (non-hydrogen) atoms. The molecule has 0 aliphatic rings. The number of allylic oxidation sites excluding steroid dienone is 1. The van der Waals surface area contributed by atoms with E-state index in [4.69, 9.17) is 4.42 Å². The molecule has 0 saturated heterocycles. The minimum Gasteiger partial charge on any atom is -0.422 e. The van der Waals surface area contributed by atoms with Crippen molar-refractivity contribution in [2.45, 2.75) is 11.3 Å². The second-order valence-electron chi connectivity index (χ2n) is 5.43. The Bertz CT molecular complexity index is 1010. The second kappa shape index (κ2) is 7.40. The van der Waals surface area contributed by atoms with E-state index in [1.54, 1.807) is 18.2 Å². The number of anilines is 1. The molecule has 0 unspecified atom stereocenters. The van der Waals surface area contributed by atoms with Crippen LogP contribution in [0.1, 0.15) is 15.9 Å². The number of amides is 1. The number of carbonyl (C=O) groups is 1. The molecule has 0 atom stereocenters. The fraction of sp³-hybridized carbons (Fsp3) is 0.100. The number of thioether (sulfide) groups is 1. The van der Waals surface area contributed by atoms with E-state index in [1.165, 1.54) is 11.8 Å². The fourth-order valence-electron chi connectivity index (χ4n) is 2.62. The second-order valence-corrected chi connectivity index (χ2v) is 6.28. The lowest BCUT2D eigenvalue weighted by Crippen LogP contribution is -2.21. The highest BCUT2D eigenvalue weighted by Gasteiger charge is 2.16. The van der Waals surface area contributed by atoms with E-state index in [-0.39, 0.29) is 5.56 Å². The summed E-state index contributed by atoms with van der Waals surface area (Å²) in [5.74, 6) is -0.480. The zero-order valence-corrected chi connectivity index (χ0v) is 14.6. The number of hydrogen-bond acceptors (Lipinski definition) is 4. The Morgan fingerprint density at radius 1 is 1.24 bits per heavy atom. The van der Waals surface area contributed by atoms with Crippen LogP contribution >= 0.6 is 11.8 Å². The fourth-order valence-corrected chi connectivity index (χ4v) is 3.17. The van der Waals surface area contributed by atoms with Crippen molar-refractivity contribution in [3.63, 3.8) is 0 Å². The molecule has 1 aromatic heterocycles. The molecule has 0 radical (unpaired) electrons. The molecule has 0 spiro atoms. The maximum atomic E-state index is 12.6. The van der Waals surface area contributed by atoms with Crippen LogP contribution in [-0.4, -0.2) is 12.2 Å². The summed E-state index contributed by atoms with van der Waals surface area (Å²) in [4.78, 5) is 25.8. The van der Waals surface area contributed by atoms with Crippen LogP contribution in [0.2, 0.25) is 0 Å². The van der Waals surface area contributed by atoms with Gasteiger partial charge in [-0.25, -0.2) is 4.79 Å². The number of benzene rings is 2. The summed E-state index contributed by atoms with van der Waals surface area (Å²) in [7, 11) is 0. The number of hydrogen-bond donors (Lipinski definition) is 1. The van der Waals surface area contributed by atoms with Crippen molar-refractivity contribution >= 4 is 34.3 Å². The van der Waals surface area contributed by atoms with Gasteiger partial charge in [-0.3, -0.25) is 4.79 Å². The van der Waals surface area contributed by atoms with Crippen molar-refractivity contribution in [2.75, 3.05) is 11.6 Å². The van der Waals surface area contributed by atoms with Crippen LogP contribution in [0.3, 0.4) is 0 Å². The molecule has 3 aromatic rings. The molecule has 1 N–H and O–H groups in total. The third-order valence-electron chi connectivity index (χ3n) is 3.81. The predicted molar refractivity (Wildman–Crippen MR) is 103 cm³/mol. The van der Waals surface area contributed by atoms with Crippen LogP contribution in [0.15, 0.2) is 75.3 Å². The number of nitrogens with one attached hydrogen (secondary N) is 1. The summed E-state index contributed by atoms with van der Waals surface area (Å²) in [6.07, 6.45) is 4.26. The quantitative estimate of drug-likeness (QED) is 0.418. The van der Waals surface area contributed by atoms with Crippen molar-refractivity contribution in [1.29, 1.82) is 0 Å². The number of fused-ring (bicyclic) bond motifs is 1. The molecular formula is C20H17NO3S. The Balaban J connectivity index is 2.01. The maximum absolute atomic E-state index is 12.6. The molecule has 0 aliphatic heterocycles. The van der Waals surface area contributed by atoms with E-state index in [0.29, 0.717) is 23.1 Å². The molecular weight excluding hydrogens is 334 g/mol. The number of carbonyl (C=O) groups excluding carboxylic acids is 1. The average molecular weight is 351 g/mol. The highest BCUT2D eigenvalue weighted by molar-refractivity contribution is 7.98. The largest absolute Gasteiger partial charge is 0.422 e. The van der Waals surface area contributed by atoms with Gasteiger partial charge < -0.3 is 9.73 Å². The van der Waals surface area contributed by atoms with Crippen LogP contribution in [-0.2, 0) is 6.42 Å². The minimum absolute atomic E-state index is 0.0147. The SMILES string of the molecule is C=CCc1cccc2cc(C(=O)Nc3ccccc3SC)c(=O)oc12. The normalized spacial score (nSPS) is 10.6. The molecule has 1 heterocycles. The van der Waals surface area contributed by atoms with E-state index >= 15 is 0 Å². The third kappa shape index (κ3) is 3.51. The van der Waals surface area contributed by atoms with Gasteiger partial charge in [0.1, 0.15) is 11.1 Å². The van der Waals surface area contributed by atoms with Crippen molar-refractivity contribution in [1.82, 2.24) is 0 Å². The molecule has 1 amide bonds. The summed E-state index contributed by atoms with van der Waals surface area (Å²) in [5, 5.41) is 3.50. The van der Waals surface area contributed by atoms with E-state index < -0.39 is 11.5 Å². The highest BCUT2D eigenvalue weighted by atomic mass is 32.2. The molecule has 4 nitrogen and oxygen atoms in total. The predicted octanol–water partition coefficient (Wildman–Crippen LogP) is 4.50. The first-order chi connectivity index (χ1) is 12.1. The lowest BCUT2D eigenvalue weighted by Gasteiger charge is -2.09. The summed E-state index contributed by atoms with van der Waals surface area (Å²) in [6, 6.07) is 14.6. The Morgan fingerprint density at radius 2 is 2.04 bits per heavy atom. The monoisotopic (exact) mass is 351 g/mol. The van der Waals surface area contributed by atoms with Gasteiger partial charge in [-0.15, -0.1) is 18.3 Å². The van der Waals surface area contributed by atoms with E-state index in [2.05, 4.69) is 11.9 Å². The molecule has 5 heteroatoms. The van der Waals surface area contributed by atoms with E-state index in [9.17, 15) is 9.59 Å². The molecule has 3 rings (SSSR count). The molecule has 0 saturated carbocycles. The first-order valence-electron chi connectivity index (χ1n) is 7.75. The first kappa shape index (κ1) is 17.0. The van der Waals surface area contributed by atoms with Crippen LogP contribution in [0.4, 0.5) is 5.69 Å². The highest BCUT2D eigenvalue weighted by Crippen LogP contribution is 2.25. The van der Waals surface area contributed by atoms with Gasteiger partial charge in [0.15, 0.2) is 0 Å². The summed E-state index contributed by atoms with van der Waals surface area (Å²) >= 11 is 1.52.